The number of carboxylic acids is 1. The van der Waals surface area contributed by atoms with Gasteiger partial charge in [0.25, 0.3) is 0 Å². The lowest BCUT2D eigenvalue weighted by atomic mass is 10.1. The van der Waals surface area contributed by atoms with Crippen molar-refractivity contribution < 1.29 is 14.3 Å². The van der Waals surface area contributed by atoms with Crippen LogP contribution in [0.4, 0.5) is 10.1 Å². The molecule has 104 valence electrons. The van der Waals surface area contributed by atoms with E-state index in [0.717, 1.165) is 16.1 Å². The van der Waals surface area contributed by atoms with Crippen LogP contribution in [0.2, 0.25) is 5.02 Å². The van der Waals surface area contributed by atoms with Crippen LogP contribution in [-0.4, -0.2) is 11.1 Å². The van der Waals surface area contributed by atoms with Crippen LogP contribution in [0, 0.1) is 5.82 Å². The van der Waals surface area contributed by atoms with Gasteiger partial charge in [-0.2, -0.15) is 0 Å². The highest BCUT2D eigenvalue weighted by Crippen LogP contribution is 2.23. The summed E-state index contributed by atoms with van der Waals surface area (Å²) in [5.74, 6) is -2.06. The first-order valence-corrected chi connectivity index (χ1v) is 6.85. The second-order valence-electron chi connectivity index (χ2n) is 4.09. The Balaban J connectivity index is 2.15. The van der Waals surface area contributed by atoms with Gasteiger partial charge in [0.15, 0.2) is 0 Å². The van der Waals surface area contributed by atoms with Gasteiger partial charge in [0, 0.05) is 21.7 Å². The Labute approximate surface area is 128 Å². The molecular weight excluding hydrogens is 349 g/mol. The zero-order chi connectivity index (χ0) is 14.7. The van der Waals surface area contributed by atoms with E-state index in [2.05, 4.69) is 21.2 Å². The van der Waals surface area contributed by atoms with E-state index in [4.69, 9.17) is 16.7 Å². The van der Waals surface area contributed by atoms with Crippen molar-refractivity contribution >= 4 is 39.2 Å². The summed E-state index contributed by atoms with van der Waals surface area (Å²) in [6.45, 7) is 0.413. The van der Waals surface area contributed by atoms with E-state index in [1.807, 2.05) is 12.1 Å². The van der Waals surface area contributed by atoms with Crippen molar-refractivity contribution in [3.8, 4) is 0 Å². The second-order valence-corrected chi connectivity index (χ2v) is 5.41. The maximum absolute atomic E-state index is 13.3. The summed E-state index contributed by atoms with van der Waals surface area (Å²) in [6, 6.07) is 9.33. The number of carbonyl (C=O) groups is 1. The molecule has 0 fully saturated rings. The number of halogens is 3. The number of carboxylic acid groups (broad SMARTS) is 1. The van der Waals surface area contributed by atoms with E-state index in [1.165, 1.54) is 12.1 Å². The molecule has 20 heavy (non-hydrogen) atoms. The Morgan fingerprint density at radius 2 is 2.05 bits per heavy atom. The predicted octanol–water partition coefficient (Wildman–Crippen LogP) is 4.55. The first-order valence-electron chi connectivity index (χ1n) is 5.68. The fraction of sp³-hybridized carbons (Fsp3) is 0.0714. The second kappa shape index (κ2) is 6.24. The van der Waals surface area contributed by atoms with Crippen LogP contribution in [0.5, 0.6) is 0 Å². The number of aromatic carboxylic acids is 1. The van der Waals surface area contributed by atoms with Crippen molar-refractivity contribution in [2.45, 2.75) is 6.54 Å². The van der Waals surface area contributed by atoms with Crippen LogP contribution < -0.4 is 5.32 Å². The standard InChI is InChI=1S/C14H10BrClFNO2/c15-9-2-1-8(12(16)5-9)7-18-10-3-4-13(17)11(6-10)14(19)20/h1-6,18H,7H2,(H,19,20). The Morgan fingerprint density at radius 3 is 2.70 bits per heavy atom. The minimum atomic E-state index is -1.30. The average molecular weight is 359 g/mol. The van der Waals surface area contributed by atoms with Crippen LogP contribution in [-0.2, 0) is 6.54 Å². The normalized spacial score (nSPS) is 10.3. The summed E-state index contributed by atoms with van der Waals surface area (Å²) in [7, 11) is 0. The van der Waals surface area contributed by atoms with Crippen molar-refractivity contribution in [1.82, 2.24) is 0 Å². The highest BCUT2D eigenvalue weighted by molar-refractivity contribution is 9.10. The monoisotopic (exact) mass is 357 g/mol. The summed E-state index contributed by atoms with van der Waals surface area (Å²) in [4.78, 5) is 10.8. The van der Waals surface area contributed by atoms with E-state index in [1.54, 1.807) is 6.07 Å². The van der Waals surface area contributed by atoms with Gasteiger partial charge < -0.3 is 10.4 Å². The molecule has 6 heteroatoms. The Bertz CT molecular complexity index is 664. The predicted molar refractivity (Wildman–Crippen MR) is 79.8 cm³/mol. The molecule has 3 nitrogen and oxygen atoms in total. The Hall–Kier alpha value is -1.59. The molecule has 0 spiro atoms. The lowest BCUT2D eigenvalue weighted by molar-refractivity contribution is 0.0692. The van der Waals surface area contributed by atoms with Crippen LogP contribution in [0.15, 0.2) is 40.9 Å². The summed E-state index contributed by atoms with van der Waals surface area (Å²) in [5.41, 5.74) is 1.01. The smallest absolute Gasteiger partial charge is 0.338 e. The molecule has 2 aromatic rings. The molecule has 0 bridgehead atoms. The minimum Gasteiger partial charge on any atom is -0.478 e. The number of rotatable bonds is 4. The van der Waals surface area contributed by atoms with Crippen molar-refractivity contribution in [3.63, 3.8) is 0 Å². The van der Waals surface area contributed by atoms with Crippen LogP contribution >= 0.6 is 27.5 Å². The molecular formula is C14H10BrClFNO2. The van der Waals surface area contributed by atoms with Crippen molar-refractivity contribution in [2.24, 2.45) is 0 Å². The molecule has 0 saturated carbocycles. The zero-order valence-corrected chi connectivity index (χ0v) is 12.5. The fourth-order valence-electron chi connectivity index (χ4n) is 1.66. The fourth-order valence-corrected chi connectivity index (χ4v) is 2.40. The van der Waals surface area contributed by atoms with Crippen molar-refractivity contribution in [1.29, 1.82) is 0 Å². The molecule has 0 amide bonds. The molecule has 0 radical (unpaired) electrons. The Morgan fingerprint density at radius 1 is 1.30 bits per heavy atom. The first kappa shape index (κ1) is 14.8. The maximum Gasteiger partial charge on any atom is 0.338 e. The van der Waals surface area contributed by atoms with Crippen LogP contribution in [0.1, 0.15) is 15.9 Å². The van der Waals surface area contributed by atoms with Gasteiger partial charge in [0.05, 0.1) is 5.56 Å². The molecule has 0 atom stereocenters. The number of hydrogen-bond donors (Lipinski definition) is 2. The van der Waals surface area contributed by atoms with Gasteiger partial charge in [-0.1, -0.05) is 33.6 Å². The summed E-state index contributed by atoms with van der Waals surface area (Å²) in [6.07, 6.45) is 0. The van der Waals surface area contributed by atoms with Gasteiger partial charge in [0.1, 0.15) is 5.82 Å². The van der Waals surface area contributed by atoms with Crippen LogP contribution in [0.3, 0.4) is 0 Å². The van der Waals surface area contributed by atoms with E-state index < -0.39 is 11.8 Å². The quantitative estimate of drug-likeness (QED) is 0.843. The van der Waals surface area contributed by atoms with Crippen molar-refractivity contribution in [3.05, 3.63) is 62.8 Å². The lowest BCUT2D eigenvalue weighted by Crippen LogP contribution is -2.04. The maximum atomic E-state index is 13.3. The molecule has 0 aliphatic heterocycles. The molecule has 0 aromatic heterocycles. The molecule has 0 heterocycles. The van der Waals surface area contributed by atoms with Gasteiger partial charge in [-0.3, -0.25) is 0 Å². The van der Waals surface area contributed by atoms with Gasteiger partial charge >= 0.3 is 5.97 Å². The molecule has 2 N–H and O–H groups in total. The van der Waals surface area contributed by atoms with Gasteiger partial charge in [-0.05, 0) is 35.9 Å². The highest BCUT2D eigenvalue weighted by Gasteiger charge is 2.10. The highest BCUT2D eigenvalue weighted by atomic mass is 79.9. The van der Waals surface area contributed by atoms with Crippen molar-refractivity contribution in [2.75, 3.05) is 5.32 Å². The third kappa shape index (κ3) is 3.49. The summed E-state index contributed by atoms with van der Waals surface area (Å²) in [5, 5.41) is 12.5. The topological polar surface area (TPSA) is 49.3 Å². The zero-order valence-electron chi connectivity index (χ0n) is 10.2. The number of nitrogens with one attached hydrogen (secondary N) is 1. The van der Waals surface area contributed by atoms with Gasteiger partial charge in [-0.15, -0.1) is 0 Å². The SMILES string of the molecule is O=C(O)c1cc(NCc2ccc(Br)cc2Cl)ccc1F. The Kier molecular flexibility index (Phi) is 4.62. The molecule has 2 rings (SSSR count). The lowest BCUT2D eigenvalue weighted by Gasteiger charge is -2.09. The van der Waals surface area contributed by atoms with E-state index >= 15 is 0 Å². The van der Waals surface area contributed by atoms with E-state index in [-0.39, 0.29) is 5.56 Å². The summed E-state index contributed by atoms with van der Waals surface area (Å²) < 4.78 is 14.1. The van der Waals surface area contributed by atoms with Gasteiger partial charge in [0.2, 0.25) is 0 Å². The largest absolute Gasteiger partial charge is 0.478 e. The molecule has 2 aromatic carbocycles. The van der Waals surface area contributed by atoms with Gasteiger partial charge in [-0.25, -0.2) is 9.18 Å². The third-order valence-electron chi connectivity index (χ3n) is 2.69. The number of benzene rings is 2. The summed E-state index contributed by atoms with van der Waals surface area (Å²) >= 11 is 9.39. The van der Waals surface area contributed by atoms with E-state index in [0.29, 0.717) is 17.3 Å². The van der Waals surface area contributed by atoms with Crippen LogP contribution in [0.25, 0.3) is 0 Å². The van der Waals surface area contributed by atoms with E-state index in [9.17, 15) is 9.18 Å². The first-order chi connectivity index (χ1) is 9.47. The molecule has 0 aliphatic rings. The number of hydrogen-bond acceptors (Lipinski definition) is 2. The number of anilines is 1. The molecule has 0 saturated heterocycles. The molecule has 0 unspecified atom stereocenters. The third-order valence-corrected chi connectivity index (χ3v) is 3.54. The minimum absolute atomic E-state index is 0.364. The average Bonchev–Trinajstić information content (AvgIpc) is 2.39. The molecule has 0 aliphatic carbocycles.